The van der Waals surface area contributed by atoms with Crippen LogP contribution in [0.15, 0.2) is 12.4 Å². The molecule has 112 valence electrons. The number of hydrogen-bond acceptors (Lipinski definition) is 3. The second-order valence-corrected chi connectivity index (χ2v) is 6.44. The van der Waals surface area contributed by atoms with Crippen LogP contribution < -0.4 is 5.73 Å². The van der Waals surface area contributed by atoms with Crippen molar-refractivity contribution in [1.29, 1.82) is 0 Å². The molecule has 3 rings (SSSR count). The molecule has 20 heavy (non-hydrogen) atoms. The SMILES string of the molecule is CCn1ccnc1CC(N)C1(N2CCCC2)CCCC1. The second-order valence-electron chi connectivity index (χ2n) is 6.44. The van der Waals surface area contributed by atoms with Crippen LogP contribution in [0, 0.1) is 0 Å². The van der Waals surface area contributed by atoms with Crippen LogP contribution in [0.4, 0.5) is 0 Å². The lowest BCUT2D eigenvalue weighted by atomic mass is 9.84. The zero-order chi connectivity index (χ0) is 14.0. The van der Waals surface area contributed by atoms with Crippen LogP contribution in [-0.4, -0.2) is 39.1 Å². The minimum Gasteiger partial charge on any atom is -0.335 e. The number of aromatic nitrogens is 2. The molecule has 0 aromatic carbocycles. The molecular weight excluding hydrogens is 248 g/mol. The molecule has 1 aliphatic carbocycles. The van der Waals surface area contributed by atoms with Crippen molar-refractivity contribution in [2.75, 3.05) is 13.1 Å². The molecule has 1 unspecified atom stereocenters. The normalized spacial score (nSPS) is 24.3. The summed E-state index contributed by atoms with van der Waals surface area (Å²) in [5.74, 6) is 1.16. The lowest BCUT2D eigenvalue weighted by Gasteiger charge is -2.43. The summed E-state index contributed by atoms with van der Waals surface area (Å²) in [5.41, 5.74) is 6.96. The Morgan fingerprint density at radius 3 is 2.60 bits per heavy atom. The van der Waals surface area contributed by atoms with Crippen molar-refractivity contribution in [2.45, 2.75) is 70.0 Å². The Morgan fingerprint density at radius 1 is 1.25 bits per heavy atom. The lowest BCUT2D eigenvalue weighted by molar-refractivity contribution is 0.0911. The van der Waals surface area contributed by atoms with Gasteiger partial charge in [-0.1, -0.05) is 12.8 Å². The monoisotopic (exact) mass is 276 g/mol. The van der Waals surface area contributed by atoms with Crippen molar-refractivity contribution in [3.8, 4) is 0 Å². The highest BCUT2D eigenvalue weighted by atomic mass is 15.2. The summed E-state index contributed by atoms with van der Waals surface area (Å²) < 4.78 is 2.23. The summed E-state index contributed by atoms with van der Waals surface area (Å²) in [7, 11) is 0. The predicted molar refractivity (Wildman–Crippen MR) is 81.6 cm³/mol. The molecule has 0 bridgehead atoms. The zero-order valence-electron chi connectivity index (χ0n) is 12.7. The Labute approximate surface area is 122 Å². The molecule has 2 N–H and O–H groups in total. The van der Waals surface area contributed by atoms with E-state index in [0.717, 1.165) is 18.8 Å². The highest BCUT2D eigenvalue weighted by Gasteiger charge is 2.45. The maximum Gasteiger partial charge on any atom is 0.110 e. The fourth-order valence-corrected chi connectivity index (χ4v) is 4.28. The fourth-order valence-electron chi connectivity index (χ4n) is 4.28. The average molecular weight is 276 g/mol. The third-order valence-corrected chi connectivity index (χ3v) is 5.44. The van der Waals surface area contributed by atoms with Gasteiger partial charge in [0.05, 0.1) is 0 Å². The van der Waals surface area contributed by atoms with E-state index >= 15 is 0 Å². The molecular formula is C16H28N4. The molecule has 0 spiro atoms. The van der Waals surface area contributed by atoms with Gasteiger partial charge in [0.1, 0.15) is 5.82 Å². The van der Waals surface area contributed by atoms with E-state index in [0.29, 0.717) is 0 Å². The first-order valence-corrected chi connectivity index (χ1v) is 8.27. The first kappa shape index (κ1) is 14.1. The molecule has 1 atom stereocenters. The highest BCUT2D eigenvalue weighted by molar-refractivity contribution is 5.08. The summed E-state index contributed by atoms with van der Waals surface area (Å²) in [6.45, 7) is 5.65. The zero-order valence-corrected chi connectivity index (χ0v) is 12.7. The van der Waals surface area contributed by atoms with Crippen molar-refractivity contribution in [3.63, 3.8) is 0 Å². The maximum atomic E-state index is 6.71. The Morgan fingerprint density at radius 2 is 1.95 bits per heavy atom. The largest absolute Gasteiger partial charge is 0.335 e. The molecule has 4 nitrogen and oxygen atoms in total. The first-order valence-electron chi connectivity index (χ1n) is 8.27. The van der Waals surface area contributed by atoms with Crippen molar-refractivity contribution in [2.24, 2.45) is 5.73 Å². The summed E-state index contributed by atoms with van der Waals surface area (Å²) in [4.78, 5) is 7.22. The van der Waals surface area contributed by atoms with Gasteiger partial charge >= 0.3 is 0 Å². The quantitative estimate of drug-likeness (QED) is 0.896. The van der Waals surface area contributed by atoms with E-state index in [4.69, 9.17) is 5.73 Å². The molecule has 0 radical (unpaired) electrons. The van der Waals surface area contributed by atoms with Crippen LogP contribution in [0.5, 0.6) is 0 Å². The van der Waals surface area contributed by atoms with E-state index in [1.807, 2.05) is 6.20 Å². The van der Waals surface area contributed by atoms with Gasteiger partial charge < -0.3 is 10.3 Å². The van der Waals surface area contributed by atoms with Gasteiger partial charge in [-0.05, 0) is 45.7 Å². The maximum absolute atomic E-state index is 6.71. The summed E-state index contributed by atoms with van der Waals surface area (Å²) in [6, 6.07) is 0.218. The van der Waals surface area contributed by atoms with Gasteiger partial charge in [-0.3, -0.25) is 4.90 Å². The van der Waals surface area contributed by atoms with Gasteiger partial charge in [0.25, 0.3) is 0 Å². The van der Waals surface area contributed by atoms with Crippen molar-refractivity contribution >= 4 is 0 Å². The number of imidazole rings is 1. The van der Waals surface area contributed by atoms with Crippen molar-refractivity contribution in [1.82, 2.24) is 14.5 Å². The standard InChI is InChI=1S/C16H28N4/c1-2-19-12-9-18-15(19)13-14(17)16(7-3-4-8-16)20-10-5-6-11-20/h9,12,14H,2-8,10-11,13,17H2,1H3. The van der Waals surface area contributed by atoms with Gasteiger partial charge in [-0.2, -0.15) is 0 Å². The summed E-state index contributed by atoms with van der Waals surface area (Å²) >= 11 is 0. The molecule has 1 aromatic heterocycles. The molecule has 1 saturated heterocycles. The van der Waals surface area contributed by atoms with Crippen LogP contribution >= 0.6 is 0 Å². The summed E-state index contributed by atoms with van der Waals surface area (Å²) in [5, 5.41) is 0. The first-order chi connectivity index (χ1) is 9.76. The van der Waals surface area contributed by atoms with Gasteiger partial charge in [0.2, 0.25) is 0 Å². The van der Waals surface area contributed by atoms with Gasteiger partial charge in [0.15, 0.2) is 0 Å². The topological polar surface area (TPSA) is 47.1 Å². The van der Waals surface area contributed by atoms with Gasteiger partial charge in [-0.15, -0.1) is 0 Å². The lowest BCUT2D eigenvalue weighted by Crippen LogP contribution is -2.58. The number of nitrogens with two attached hydrogens (primary N) is 1. The molecule has 2 aliphatic rings. The molecule has 0 amide bonds. The predicted octanol–water partition coefficient (Wildman–Crippen LogP) is 2.18. The smallest absolute Gasteiger partial charge is 0.110 e. The van der Waals surface area contributed by atoms with Crippen LogP contribution in [-0.2, 0) is 13.0 Å². The van der Waals surface area contributed by atoms with Crippen LogP contribution in [0.2, 0.25) is 0 Å². The molecule has 1 aliphatic heterocycles. The number of rotatable bonds is 5. The fraction of sp³-hybridized carbons (Fsp3) is 0.812. The van der Waals surface area contributed by atoms with Crippen LogP contribution in [0.1, 0.15) is 51.3 Å². The average Bonchev–Trinajstić information content (AvgIpc) is 3.19. The van der Waals surface area contributed by atoms with E-state index in [-0.39, 0.29) is 11.6 Å². The number of likely N-dealkylation sites (tertiary alicyclic amines) is 1. The number of aryl methyl sites for hydroxylation is 1. The minimum absolute atomic E-state index is 0.218. The van der Waals surface area contributed by atoms with E-state index in [1.165, 1.54) is 51.6 Å². The van der Waals surface area contributed by atoms with Crippen LogP contribution in [0.3, 0.4) is 0 Å². The van der Waals surface area contributed by atoms with E-state index < -0.39 is 0 Å². The molecule has 1 saturated carbocycles. The summed E-state index contributed by atoms with van der Waals surface area (Å²) in [6.07, 6.45) is 12.8. The number of nitrogens with zero attached hydrogens (tertiary/aromatic N) is 3. The third kappa shape index (κ3) is 2.40. The van der Waals surface area contributed by atoms with Crippen molar-refractivity contribution < 1.29 is 0 Å². The van der Waals surface area contributed by atoms with Gasteiger partial charge in [-0.25, -0.2) is 4.98 Å². The Hall–Kier alpha value is -0.870. The second kappa shape index (κ2) is 5.86. The Bertz CT molecular complexity index is 427. The number of hydrogen-bond donors (Lipinski definition) is 1. The Balaban J connectivity index is 1.77. The molecule has 2 heterocycles. The van der Waals surface area contributed by atoms with E-state index in [1.54, 1.807) is 0 Å². The van der Waals surface area contributed by atoms with Gasteiger partial charge in [0, 0.05) is 36.9 Å². The van der Waals surface area contributed by atoms with E-state index in [2.05, 4.69) is 27.6 Å². The molecule has 1 aromatic rings. The third-order valence-electron chi connectivity index (χ3n) is 5.44. The van der Waals surface area contributed by atoms with Crippen LogP contribution in [0.25, 0.3) is 0 Å². The Kier molecular flexibility index (Phi) is 4.13. The highest BCUT2D eigenvalue weighted by Crippen LogP contribution is 2.40. The minimum atomic E-state index is 0.218. The molecule has 4 heteroatoms. The van der Waals surface area contributed by atoms with Crippen molar-refractivity contribution in [3.05, 3.63) is 18.2 Å². The van der Waals surface area contributed by atoms with E-state index in [9.17, 15) is 0 Å². The molecule has 2 fully saturated rings.